The Morgan fingerprint density at radius 2 is 1.73 bits per heavy atom. The van der Waals surface area contributed by atoms with Gasteiger partial charge in [-0.1, -0.05) is 30.3 Å². The molecule has 1 aromatic heterocycles. The van der Waals surface area contributed by atoms with Crippen molar-refractivity contribution in [3.05, 3.63) is 83.9 Å². The summed E-state index contributed by atoms with van der Waals surface area (Å²) >= 11 is 0. The number of hydrogen-bond acceptors (Lipinski definition) is 3. The standard InChI is InChI=1S/C20H20N4O2/c1-23(2)20(26)16-10-8-15(9-11-16)12-22-19(25)18-13-21-14-24(18)17-6-4-3-5-7-17/h3-11,13-14H,12H2,1-2H3,(H,22,25). The average Bonchev–Trinajstić information content (AvgIpc) is 3.16. The van der Waals surface area contributed by atoms with E-state index in [1.54, 1.807) is 43.3 Å². The molecule has 0 aliphatic rings. The van der Waals surface area contributed by atoms with Crippen molar-refractivity contribution in [1.82, 2.24) is 19.8 Å². The molecule has 1 N–H and O–H groups in total. The van der Waals surface area contributed by atoms with E-state index in [1.807, 2.05) is 42.5 Å². The van der Waals surface area contributed by atoms with Gasteiger partial charge in [-0.15, -0.1) is 0 Å². The lowest BCUT2D eigenvalue weighted by atomic mass is 10.1. The minimum Gasteiger partial charge on any atom is -0.347 e. The first-order valence-corrected chi connectivity index (χ1v) is 8.23. The Balaban J connectivity index is 1.67. The highest BCUT2D eigenvalue weighted by Crippen LogP contribution is 2.11. The first-order valence-electron chi connectivity index (χ1n) is 8.23. The van der Waals surface area contributed by atoms with Crippen molar-refractivity contribution in [2.24, 2.45) is 0 Å². The van der Waals surface area contributed by atoms with Gasteiger partial charge in [-0.2, -0.15) is 0 Å². The first kappa shape index (κ1) is 17.4. The Morgan fingerprint density at radius 3 is 2.38 bits per heavy atom. The van der Waals surface area contributed by atoms with Crippen molar-refractivity contribution < 1.29 is 9.59 Å². The van der Waals surface area contributed by atoms with Gasteiger partial charge < -0.3 is 10.2 Å². The Hall–Kier alpha value is -3.41. The van der Waals surface area contributed by atoms with E-state index in [0.29, 0.717) is 17.8 Å². The summed E-state index contributed by atoms with van der Waals surface area (Å²) in [5, 5.41) is 2.89. The molecule has 6 nitrogen and oxygen atoms in total. The molecular weight excluding hydrogens is 328 g/mol. The Labute approximate surface area is 152 Å². The number of aromatic nitrogens is 2. The fourth-order valence-corrected chi connectivity index (χ4v) is 2.55. The van der Waals surface area contributed by atoms with E-state index < -0.39 is 0 Å². The molecule has 0 atom stereocenters. The Kier molecular flexibility index (Phi) is 5.12. The zero-order chi connectivity index (χ0) is 18.5. The molecule has 3 aromatic rings. The van der Waals surface area contributed by atoms with Gasteiger partial charge in [0, 0.05) is 31.9 Å². The number of rotatable bonds is 5. The lowest BCUT2D eigenvalue weighted by Gasteiger charge is -2.11. The van der Waals surface area contributed by atoms with Crippen molar-refractivity contribution in [1.29, 1.82) is 0 Å². The summed E-state index contributed by atoms with van der Waals surface area (Å²) in [7, 11) is 3.43. The van der Waals surface area contributed by atoms with Crippen LogP contribution in [0.5, 0.6) is 0 Å². The minimum atomic E-state index is -0.209. The molecule has 0 aliphatic heterocycles. The van der Waals surface area contributed by atoms with Gasteiger partial charge in [0.1, 0.15) is 5.69 Å². The second-order valence-corrected chi connectivity index (χ2v) is 6.06. The lowest BCUT2D eigenvalue weighted by Crippen LogP contribution is -2.25. The van der Waals surface area contributed by atoms with Gasteiger partial charge in [-0.3, -0.25) is 14.2 Å². The zero-order valence-corrected chi connectivity index (χ0v) is 14.7. The summed E-state index contributed by atoms with van der Waals surface area (Å²) < 4.78 is 1.74. The third-order valence-electron chi connectivity index (χ3n) is 3.97. The fourth-order valence-electron chi connectivity index (χ4n) is 2.55. The van der Waals surface area contributed by atoms with Crippen molar-refractivity contribution in [3.8, 4) is 5.69 Å². The van der Waals surface area contributed by atoms with Crippen LogP contribution >= 0.6 is 0 Å². The van der Waals surface area contributed by atoms with Gasteiger partial charge in [0.2, 0.25) is 0 Å². The van der Waals surface area contributed by atoms with E-state index in [1.165, 1.54) is 4.90 Å². The van der Waals surface area contributed by atoms with E-state index in [2.05, 4.69) is 10.3 Å². The van der Waals surface area contributed by atoms with Crippen LogP contribution in [-0.4, -0.2) is 40.4 Å². The van der Waals surface area contributed by atoms with Gasteiger partial charge in [0.25, 0.3) is 11.8 Å². The molecular formula is C20H20N4O2. The number of hydrogen-bond donors (Lipinski definition) is 1. The van der Waals surface area contributed by atoms with Crippen LogP contribution in [0.3, 0.4) is 0 Å². The molecule has 2 amide bonds. The number of carbonyl (C=O) groups is 2. The van der Waals surface area contributed by atoms with Crippen LogP contribution in [0.4, 0.5) is 0 Å². The lowest BCUT2D eigenvalue weighted by molar-refractivity contribution is 0.0827. The van der Waals surface area contributed by atoms with Crippen LogP contribution in [0.15, 0.2) is 67.1 Å². The van der Waals surface area contributed by atoms with Crippen molar-refractivity contribution in [2.75, 3.05) is 14.1 Å². The Morgan fingerprint density at radius 1 is 1.04 bits per heavy atom. The highest BCUT2D eigenvalue weighted by molar-refractivity contribution is 5.94. The van der Waals surface area contributed by atoms with E-state index >= 15 is 0 Å². The summed E-state index contributed by atoms with van der Waals surface area (Å²) in [6.45, 7) is 0.370. The predicted octanol–water partition coefficient (Wildman–Crippen LogP) is 2.50. The van der Waals surface area contributed by atoms with E-state index in [4.69, 9.17) is 0 Å². The second-order valence-electron chi connectivity index (χ2n) is 6.06. The summed E-state index contributed by atoms with van der Waals surface area (Å²) in [6.07, 6.45) is 3.16. The summed E-state index contributed by atoms with van der Waals surface area (Å²) in [5.74, 6) is -0.257. The monoisotopic (exact) mass is 348 g/mol. The highest BCUT2D eigenvalue weighted by Gasteiger charge is 2.13. The molecule has 0 spiro atoms. The van der Waals surface area contributed by atoms with Crippen LogP contribution in [0, 0.1) is 0 Å². The molecule has 6 heteroatoms. The molecule has 1 heterocycles. The third kappa shape index (κ3) is 3.80. The summed E-state index contributed by atoms with van der Waals surface area (Å²) in [4.78, 5) is 30.0. The number of para-hydroxylation sites is 1. The van der Waals surface area contributed by atoms with Gasteiger partial charge in [-0.25, -0.2) is 4.98 Å². The predicted molar refractivity (Wildman–Crippen MR) is 99.2 cm³/mol. The molecule has 0 unspecified atom stereocenters. The molecule has 0 radical (unpaired) electrons. The molecule has 0 saturated heterocycles. The maximum atomic E-state index is 12.5. The topological polar surface area (TPSA) is 67.2 Å². The maximum absolute atomic E-state index is 12.5. The van der Waals surface area contributed by atoms with Gasteiger partial charge in [-0.05, 0) is 29.8 Å². The number of nitrogens with zero attached hydrogens (tertiary/aromatic N) is 3. The summed E-state index contributed by atoms with van der Waals surface area (Å²) in [5.41, 5.74) is 2.88. The Bertz CT molecular complexity index is 899. The van der Waals surface area contributed by atoms with Crippen LogP contribution in [0.1, 0.15) is 26.4 Å². The number of benzene rings is 2. The molecule has 0 saturated carbocycles. The van der Waals surface area contributed by atoms with Crippen LogP contribution in [0.25, 0.3) is 5.69 Å². The number of nitrogens with one attached hydrogen (secondary N) is 1. The normalized spacial score (nSPS) is 10.4. The van der Waals surface area contributed by atoms with Crippen molar-refractivity contribution >= 4 is 11.8 Å². The largest absolute Gasteiger partial charge is 0.347 e. The number of imidazole rings is 1. The molecule has 26 heavy (non-hydrogen) atoms. The average molecular weight is 348 g/mol. The van der Waals surface area contributed by atoms with Crippen LogP contribution in [0.2, 0.25) is 0 Å². The highest BCUT2D eigenvalue weighted by atomic mass is 16.2. The fraction of sp³-hybridized carbons (Fsp3) is 0.150. The molecule has 132 valence electrons. The summed E-state index contributed by atoms with van der Waals surface area (Å²) in [6, 6.07) is 16.8. The third-order valence-corrected chi connectivity index (χ3v) is 3.97. The van der Waals surface area contributed by atoms with E-state index in [9.17, 15) is 9.59 Å². The van der Waals surface area contributed by atoms with Crippen LogP contribution < -0.4 is 5.32 Å². The number of amides is 2. The molecule has 0 bridgehead atoms. The maximum Gasteiger partial charge on any atom is 0.270 e. The molecule has 3 rings (SSSR count). The number of carbonyl (C=O) groups excluding carboxylic acids is 2. The van der Waals surface area contributed by atoms with Crippen molar-refractivity contribution in [2.45, 2.75) is 6.54 Å². The van der Waals surface area contributed by atoms with E-state index in [-0.39, 0.29) is 11.8 Å². The second kappa shape index (κ2) is 7.65. The molecule has 0 aliphatic carbocycles. The minimum absolute atomic E-state index is 0.0488. The van der Waals surface area contributed by atoms with Crippen molar-refractivity contribution in [3.63, 3.8) is 0 Å². The quantitative estimate of drug-likeness (QED) is 0.770. The smallest absolute Gasteiger partial charge is 0.270 e. The van der Waals surface area contributed by atoms with Gasteiger partial charge in [0.05, 0.1) is 12.5 Å². The van der Waals surface area contributed by atoms with Gasteiger partial charge in [0.15, 0.2) is 0 Å². The van der Waals surface area contributed by atoms with Gasteiger partial charge >= 0.3 is 0 Å². The first-order chi connectivity index (χ1) is 12.6. The van der Waals surface area contributed by atoms with Crippen LogP contribution in [-0.2, 0) is 6.54 Å². The molecule has 2 aromatic carbocycles. The SMILES string of the molecule is CN(C)C(=O)c1ccc(CNC(=O)c2cncn2-c2ccccc2)cc1. The molecule has 0 fully saturated rings. The van der Waals surface area contributed by atoms with E-state index in [0.717, 1.165) is 11.3 Å². The zero-order valence-electron chi connectivity index (χ0n) is 14.7.